The Labute approximate surface area is 186 Å². The van der Waals surface area contributed by atoms with Crippen molar-refractivity contribution in [2.45, 2.75) is 38.1 Å². The van der Waals surface area contributed by atoms with Gasteiger partial charge in [-0.05, 0) is 50.3 Å². The number of benzene rings is 1. The molecule has 1 N–H and O–H groups in total. The lowest BCUT2D eigenvalue weighted by Gasteiger charge is -2.33. The first-order valence-corrected chi connectivity index (χ1v) is 11.2. The monoisotopic (exact) mass is 444 g/mol. The third kappa shape index (κ3) is 4.98. The molecule has 1 aromatic carbocycles. The number of amides is 2. The van der Waals surface area contributed by atoms with Gasteiger partial charge >= 0.3 is 0 Å². The second-order valence-electron chi connectivity index (χ2n) is 8.10. The van der Waals surface area contributed by atoms with Crippen LogP contribution in [0, 0.1) is 5.82 Å². The van der Waals surface area contributed by atoms with Crippen molar-refractivity contribution in [1.29, 1.82) is 0 Å². The molecular formula is C23H26ClFN4O2. The van der Waals surface area contributed by atoms with Gasteiger partial charge in [0.15, 0.2) is 0 Å². The van der Waals surface area contributed by atoms with Gasteiger partial charge in [0.25, 0.3) is 11.8 Å². The summed E-state index contributed by atoms with van der Waals surface area (Å²) in [6, 6.07) is 7.82. The number of aromatic nitrogens is 1. The summed E-state index contributed by atoms with van der Waals surface area (Å²) in [7, 11) is 0. The number of pyridine rings is 1. The summed E-state index contributed by atoms with van der Waals surface area (Å²) in [5, 5.41) is 3.74. The molecule has 1 aromatic heterocycles. The summed E-state index contributed by atoms with van der Waals surface area (Å²) in [6.45, 7) is 2.60. The molecule has 3 heterocycles. The minimum Gasteiger partial charge on any atom is -0.366 e. The van der Waals surface area contributed by atoms with Crippen molar-refractivity contribution in [3.05, 3.63) is 58.5 Å². The van der Waals surface area contributed by atoms with Crippen molar-refractivity contribution in [3.8, 4) is 0 Å². The number of hydrogen-bond acceptors (Lipinski definition) is 4. The minimum atomic E-state index is -0.497. The van der Waals surface area contributed by atoms with E-state index in [0.717, 1.165) is 32.4 Å². The maximum atomic E-state index is 13.9. The second kappa shape index (κ2) is 9.64. The molecule has 4 rings (SSSR count). The normalized spacial score (nSPS) is 17.5. The summed E-state index contributed by atoms with van der Waals surface area (Å²) in [5.41, 5.74) is 0.607. The van der Waals surface area contributed by atoms with Crippen molar-refractivity contribution < 1.29 is 14.0 Å². The summed E-state index contributed by atoms with van der Waals surface area (Å²) >= 11 is 6.41. The van der Waals surface area contributed by atoms with Crippen LogP contribution in [0.1, 0.15) is 52.8 Å². The van der Waals surface area contributed by atoms with Crippen LogP contribution >= 0.6 is 11.6 Å². The molecule has 0 atom stereocenters. The Bertz CT molecular complexity index is 956. The third-order valence-corrected chi connectivity index (χ3v) is 6.25. The van der Waals surface area contributed by atoms with Crippen molar-refractivity contribution in [1.82, 2.24) is 14.8 Å². The average molecular weight is 445 g/mol. The van der Waals surface area contributed by atoms with Gasteiger partial charge in [0, 0.05) is 38.4 Å². The number of carbonyl (C=O) groups is 2. The minimum absolute atomic E-state index is 0.0272. The van der Waals surface area contributed by atoms with Gasteiger partial charge in [0.05, 0.1) is 16.1 Å². The predicted molar refractivity (Wildman–Crippen MR) is 118 cm³/mol. The molecule has 0 unspecified atom stereocenters. The molecule has 31 heavy (non-hydrogen) atoms. The fourth-order valence-corrected chi connectivity index (χ4v) is 4.39. The fourth-order valence-electron chi connectivity index (χ4n) is 4.17. The van der Waals surface area contributed by atoms with Crippen LogP contribution in [0.5, 0.6) is 0 Å². The zero-order valence-corrected chi connectivity index (χ0v) is 18.1. The van der Waals surface area contributed by atoms with Crippen molar-refractivity contribution in [2.24, 2.45) is 0 Å². The first-order valence-electron chi connectivity index (χ1n) is 10.8. The topological polar surface area (TPSA) is 65.5 Å². The highest BCUT2D eigenvalue weighted by Gasteiger charge is 2.26. The number of anilines is 1. The average Bonchev–Trinajstić information content (AvgIpc) is 2.81. The maximum Gasteiger partial charge on any atom is 0.256 e. The second-order valence-corrected chi connectivity index (χ2v) is 8.51. The number of halogens is 2. The van der Waals surface area contributed by atoms with E-state index in [1.165, 1.54) is 12.1 Å². The van der Waals surface area contributed by atoms with Crippen LogP contribution < -0.4 is 5.32 Å². The van der Waals surface area contributed by atoms with Crippen LogP contribution in [0.4, 0.5) is 10.2 Å². The van der Waals surface area contributed by atoms with Gasteiger partial charge in [-0.25, -0.2) is 9.37 Å². The molecule has 0 aliphatic carbocycles. The number of carbonyl (C=O) groups excluding carboxylic acids is 2. The SMILES string of the molecule is O=C(c1cnc(NC2CCN(C(=O)c3ccccc3F)CC2)c(Cl)c1)N1CCCCC1. The summed E-state index contributed by atoms with van der Waals surface area (Å²) in [4.78, 5) is 33.1. The Hall–Kier alpha value is -2.67. The molecule has 8 heteroatoms. The summed E-state index contributed by atoms with van der Waals surface area (Å²) < 4.78 is 13.9. The molecule has 2 aliphatic rings. The van der Waals surface area contributed by atoms with Crippen LogP contribution in [0.2, 0.25) is 5.02 Å². The van der Waals surface area contributed by atoms with Crippen LogP contribution in [0.3, 0.4) is 0 Å². The van der Waals surface area contributed by atoms with Gasteiger partial charge in [0.2, 0.25) is 0 Å². The Morgan fingerprint density at radius 3 is 2.35 bits per heavy atom. The molecule has 2 fully saturated rings. The molecule has 0 radical (unpaired) electrons. The lowest BCUT2D eigenvalue weighted by Crippen LogP contribution is -2.42. The molecule has 2 aromatic rings. The van der Waals surface area contributed by atoms with E-state index in [1.807, 2.05) is 4.90 Å². The molecule has 6 nitrogen and oxygen atoms in total. The van der Waals surface area contributed by atoms with Gasteiger partial charge < -0.3 is 15.1 Å². The summed E-state index contributed by atoms with van der Waals surface area (Å²) in [6.07, 6.45) is 6.20. The zero-order chi connectivity index (χ0) is 21.8. The van der Waals surface area contributed by atoms with Gasteiger partial charge in [-0.3, -0.25) is 9.59 Å². The van der Waals surface area contributed by atoms with Crippen molar-refractivity contribution in [3.63, 3.8) is 0 Å². The van der Waals surface area contributed by atoms with Crippen LogP contribution in [0.25, 0.3) is 0 Å². The Balaban J connectivity index is 1.33. The van der Waals surface area contributed by atoms with E-state index in [-0.39, 0.29) is 23.4 Å². The number of nitrogens with zero attached hydrogens (tertiary/aromatic N) is 3. The Morgan fingerprint density at radius 1 is 1.00 bits per heavy atom. The smallest absolute Gasteiger partial charge is 0.256 e. The molecule has 2 aliphatic heterocycles. The highest BCUT2D eigenvalue weighted by atomic mass is 35.5. The molecule has 164 valence electrons. The van der Waals surface area contributed by atoms with E-state index in [1.54, 1.807) is 29.3 Å². The van der Waals surface area contributed by atoms with Crippen molar-refractivity contribution >= 4 is 29.2 Å². The molecular weight excluding hydrogens is 419 g/mol. The van der Waals surface area contributed by atoms with Gasteiger partial charge in [-0.15, -0.1) is 0 Å². The molecule has 0 saturated carbocycles. The molecule has 0 bridgehead atoms. The predicted octanol–water partition coefficient (Wildman–Crippen LogP) is 4.22. The van der Waals surface area contributed by atoms with Gasteiger partial charge in [-0.1, -0.05) is 23.7 Å². The molecule has 2 saturated heterocycles. The van der Waals surface area contributed by atoms with Gasteiger partial charge in [0.1, 0.15) is 11.6 Å². The fraction of sp³-hybridized carbons (Fsp3) is 0.435. The van der Waals surface area contributed by atoms with E-state index < -0.39 is 5.82 Å². The number of nitrogens with one attached hydrogen (secondary N) is 1. The quantitative estimate of drug-likeness (QED) is 0.766. The lowest BCUT2D eigenvalue weighted by molar-refractivity contribution is 0.0710. The van der Waals surface area contributed by atoms with Gasteiger partial charge in [-0.2, -0.15) is 0 Å². The number of rotatable bonds is 4. The van der Waals surface area contributed by atoms with Crippen LogP contribution in [0.15, 0.2) is 36.5 Å². The number of piperidine rings is 2. The van der Waals surface area contributed by atoms with Crippen molar-refractivity contribution in [2.75, 3.05) is 31.5 Å². The highest BCUT2D eigenvalue weighted by molar-refractivity contribution is 6.33. The number of hydrogen-bond donors (Lipinski definition) is 1. The third-order valence-electron chi connectivity index (χ3n) is 5.96. The zero-order valence-electron chi connectivity index (χ0n) is 17.3. The Morgan fingerprint density at radius 2 is 1.68 bits per heavy atom. The lowest BCUT2D eigenvalue weighted by atomic mass is 10.0. The molecule has 0 spiro atoms. The standard InChI is InChI=1S/C23H26ClFN4O2/c24-19-14-16(22(30)28-10-4-1-5-11-28)15-26-21(19)27-17-8-12-29(13-9-17)23(31)18-6-2-3-7-20(18)25/h2-3,6-7,14-15,17H,1,4-5,8-13H2,(H,26,27). The first kappa shape index (κ1) is 21.6. The first-order chi connectivity index (χ1) is 15.0. The van der Waals surface area contributed by atoms with Crippen LogP contribution in [-0.4, -0.2) is 58.8 Å². The molecule has 2 amide bonds. The summed E-state index contributed by atoms with van der Waals surface area (Å²) in [5.74, 6) is -0.271. The highest BCUT2D eigenvalue weighted by Crippen LogP contribution is 2.25. The maximum absolute atomic E-state index is 13.9. The van der Waals surface area contributed by atoms with E-state index in [2.05, 4.69) is 10.3 Å². The van der Waals surface area contributed by atoms with Crippen LogP contribution in [-0.2, 0) is 0 Å². The Kier molecular flexibility index (Phi) is 6.70. The van der Waals surface area contributed by atoms with E-state index >= 15 is 0 Å². The van der Waals surface area contributed by atoms with E-state index in [0.29, 0.717) is 42.3 Å². The largest absolute Gasteiger partial charge is 0.366 e. The van der Waals surface area contributed by atoms with E-state index in [9.17, 15) is 14.0 Å². The van der Waals surface area contributed by atoms with E-state index in [4.69, 9.17) is 11.6 Å². The number of likely N-dealkylation sites (tertiary alicyclic amines) is 2.